The number of alkyl carbamates (subject to hydrolysis) is 1. The van der Waals surface area contributed by atoms with Crippen molar-refractivity contribution in [1.82, 2.24) is 15.6 Å². The molecular formula is C23H26N4O4S2. The van der Waals surface area contributed by atoms with Gasteiger partial charge >= 0.3 is 6.09 Å². The number of hydrogen-bond donors (Lipinski definition) is 3. The van der Waals surface area contributed by atoms with E-state index in [0.717, 1.165) is 21.0 Å². The Morgan fingerprint density at radius 1 is 1.00 bits per heavy atom. The molecule has 0 saturated heterocycles. The molecule has 0 aliphatic carbocycles. The Kier molecular flexibility index (Phi) is 7.83. The maximum absolute atomic E-state index is 12.6. The highest BCUT2D eigenvalue weighted by Gasteiger charge is 2.16. The lowest BCUT2D eigenvalue weighted by atomic mass is 10.1. The van der Waals surface area contributed by atoms with Gasteiger partial charge in [-0.3, -0.25) is 14.9 Å². The topological polar surface area (TPSA) is 109 Å². The van der Waals surface area contributed by atoms with Gasteiger partial charge in [0.25, 0.3) is 5.91 Å². The van der Waals surface area contributed by atoms with Gasteiger partial charge in [0.05, 0.1) is 17.1 Å². The number of anilines is 1. The van der Waals surface area contributed by atoms with E-state index in [1.54, 1.807) is 56.4 Å². The Labute approximate surface area is 200 Å². The van der Waals surface area contributed by atoms with E-state index >= 15 is 0 Å². The van der Waals surface area contributed by atoms with Crippen molar-refractivity contribution >= 4 is 45.7 Å². The van der Waals surface area contributed by atoms with Gasteiger partial charge < -0.3 is 15.4 Å². The molecule has 8 nitrogen and oxygen atoms in total. The Hall–Kier alpha value is -3.24. The summed E-state index contributed by atoms with van der Waals surface area (Å²) in [6.45, 7) is 7.68. The van der Waals surface area contributed by atoms with E-state index in [-0.39, 0.29) is 11.8 Å². The molecule has 0 aliphatic heterocycles. The minimum absolute atomic E-state index is 0.0732. The van der Waals surface area contributed by atoms with E-state index in [9.17, 15) is 14.4 Å². The van der Waals surface area contributed by atoms with E-state index in [1.165, 1.54) is 18.3 Å². The standard InChI is InChI=1S/C23H26N4O4S2/c1-14(28)24-12-17-9-10-19(33-17)18-13-32-21(26-18)27-20(29)16-7-5-15(6-8-16)11-25-22(30)31-23(2,3)4/h5-10,13H,11-12H2,1-4H3,(H,24,28)(H,25,30)(H,26,27,29). The molecule has 0 spiro atoms. The van der Waals surface area contributed by atoms with E-state index in [2.05, 4.69) is 20.9 Å². The summed E-state index contributed by atoms with van der Waals surface area (Å²) in [4.78, 5) is 41.9. The van der Waals surface area contributed by atoms with E-state index in [1.807, 2.05) is 17.5 Å². The summed E-state index contributed by atoms with van der Waals surface area (Å²) in [5.74, 6) is -0.337. The summed E-state index contributed by atoms with van der Waals surface area (Å²) in [6, 6.07) is 10.9. The lowest BCUT2D eigenvalue weighted by Gasteiger charge is -2.19. The van der Waals surface area contributed by atoms with Crippen molar-refractivity contribution in [3.8, 4) is 10.6 Å². The lowest BCUT2D eigenvalue weighted by molar-refractivity contribution is -0.119. The first-order chi connectivity index (χ1) is 15.6. The number of carbonyl (C=O) groups is 3. The summed E-state index contributed by atoms with van der Waals surface area (Å²) in [5.41, 5.74) is 1.56. The number of carbonyl (C=O) groups excluding carboxylic acids is 3. The first kappa shape index (κ1) is 24.4. The normalized spacial score (nSPS) is 11.0. The van der Waals surface area contributed by atoms with Crippen molar-refractivity contribution in [1.29, 1.82) is 0 Å². The van der Waals surface area contributed by atoms with Crippen LogP contribution in [0.15, 0.2) is 41.8 Å². The molecule has 3 rings (SSSR count). The minimum Gasteiger partial charge on any atom is -0.444 e. The molecule has 0 saturated carbocycles. The van der Waals surface area contributed by atoms with Crippen LogP contribution in [0.4, 0.5) is 9.93 Å². The molecule has 3 aromatic rings. The van der Waals surface area contributed by atoms with Crippen LogP contribution in [0.3, 0.4) is 0 Å². The molecule has 2 heterocycles. The Morgan fingerprint density at radius 3 is 2.39 bits per heavy atom. The molecule has 0 fully saturated rings. The molecule has 3 amide bonds. The number of thiophene rings is 1. The second kappa shape index (κ2) is 10.6. The molecule has 1 aromatic carbocycles. The molecule has 0 bridgehead atoms. The number of nitrogens with one attached hydrogen (secondary N) is 3. The van der Waals surface area contributed by atoms with Crippen LogP contribution in [0.25, 0.3) is 10.6 Å². The fourth-order valence-corrected chi connectivity index (χ4v) is 4.39. The number of hydrogen-bond acceptors (Lipinski definition) is 7. The van der Waals surface area contributed by atoms with Gasteiger partial charge in [0.1, 0.15) is 5.60 Å². The quantitative estimate of drug-likeness (QED) is 0.445. The minimum atomic E-state index is -0.555. The molecule has 0 radical (unpaired) electrons. The van der Waals surface area contributed by atoms with Crippen LogP contribution in [0.1, 0.15) is 48.5 Å². The third kappa shape index (κ3) is 7.69. The first-order valence-corrected chi connectivity index (χ1v) is 11.9. The number of nitrogens with zero attached hydrogens (tertiary/aromatic N) is 1. The van der Waals surface area contributed by atoms with Gasteiger partial charge in [-0.1, -0.05) is 12.1 Å². The van der Waals surface area contributed by atoms with Crippen LogP contribution >= 0.6 is 22.7 Å². The van der Waals surface area contributed by atoms with Gasteiger partial charge in [0.2, 0.25) is 5.91 Å². The van der Waals surface area contributed by atoms with Crippen molar-refractivity contribution in [2.24, 2.45) is 0 Å². The Balaban J connectivity index is 1.54. The average Bonchev–Trinajstić information content (AvgIpc) is 3.39. The second-order valence-corrected chi connectivity index (χ2v) is 10.2. The molecule has 0 unspecified atom stereocenters. The summed E-state index contributed by atoms with van der Waals surface area (Å²) in [5, 5.41) is 10.7. The summed E-state index contributed by atoms with van der Waals surface area (Å²) in [7, 11) is 0. The predicted molar refractivity (Wildman–Crippen MR) is 130 cm³/mol. The fraction of sp³-hybridized carbons (Fsp3) is 0.304. The molecule has 3 N–H and O–H groups in total. The molecule has 2 aromatic heterocycles. The lowest BCUT2D eigenvalue weighted by Crippen LogP contribution is -2.32. The smallest absolute Gasteiger partial charge is 0.407 e. The van der Waals surface area contributed by atoms with Gasteiger partial charge in [-0.05, 0) is 50.6 Å². The fourth-order valence-electron chi connectivity index (χ4n) is 2.70. The molecule has 0 atom stereocenters. The second-order valence-electron chi connectivity index (χ2n) is 8.22. The van der Waals surface area contributed by atoms with Crippen LogP contribution in [-0.2, 0) is 22.6 Å². The number of ether oxygens (including phenoxy) is 1. The predicted octanol–water partition coefficient (Wildman–Crippen LogP) is 4.78. The average molecular weight is 487 g/mol. The third-order valence-electron chi connectivity index (χ3n) is 4.20. The molecule has 0 aliphatic rings. The zero-order valence-corrected chi connectivity index (χ0v) is 20.5. The van der Waals surface area contributed by atoms with Crippen molar-refractivity contribution in [2.45, 2.75) is 46.4 Å². The van der Waals surface area contributed by atoms with Crippen molar-refractivity contribution in [3.05, 3.63) is 57.8 Å². The highest BCUT2D eigenvalue weighted by Crippen LogP contribution is 2.31. The highest BCUT2D eigenvalue weighted by molar-refractivity contribution is 7.17. The highest BCUT2D eigenvalue weighted by atomic mass is 32.1. The SMILES string of the molecule is CC(=O)NCc1ccc(-c2csc(NC(=O)c3ccc(CNC(=O)OC(C)(C)C)cc3)n2)s1. The van der Waals surface area contributed by atoms with Crippen LogP contribution < -0.4 is 16.0 Å². The molecular weight excluding hydrogens is 460 g/mol. The van der Waals surface area contributed by atoms with Crippen LogP contribution in [0.5, 0.6) is 0 Å². The van der Waals surface area contributed by atoms with E-state index < -0.39 is 11.7 Å². The zero-order valence-electron chi connectivity index (χ0n) is 18.9. The zero-order chi connectivity index (χ0) is 24.0. The molecule has 33 heavy (non-hydrogen) atoms. The van der Waals surface area contributed by atoms with Crippen LogP contribution in [-0.4, -0.2) is 28.5 Å². The van der Waals surface area contributed by atoms with Crippen LogP contribution in [0, 0.1) is 0 Å². The Morgan fingerprint density at radius 2 is 1.73 bits per heavy atom. The largest absolute Gasteiger partial charge is 0.444 e. The number of benzene rings is 1. The maximum atomic E-state index is 12.6. The van der Waals surface area contributed by atoms with E-state index in [4.69, 9.17) is 4.74 Å². The third-order valence-corrected chi connectivity index (χ3v) is 6.07. The van der Waals surface area contributed by atoms with Crippen molar-refractivity contribution < 1.29 is 19.1 Å². The van der Waals surface area contributed by atoms with Gasteiger partial charge in [0.15, 0.2) is 5.13 Å². The van der Waals surface area contributed by atoms with Crippen molar-refractivity contribution in [3.63, 3.8) is 0 Å². The summed E-state index contributed by atoms with van der Waals surface area (Å²) in [6.07, 6.45) is -0.489. The van der Waals surface area contributed by atoms with Crippen molar-refractivity contribution in [2.75, 3.05) is 5.32 Å². The van der Waals surface area contributed by atoms with Gasteiger partial charge in [-0.15, -0.1) is 22.7 Å². The van der Waals surface area contributed by atoms with Gasteiger partial charge in [-0.2, -0.15) is 0 Å². The Bertz CT molecular complexity index is 1130. The first-order valence-electron chi connectivity index (χ1n) is 10.3. The number of thiazole rings is 1. The number of amides is 3. The number of rotatable bonds is 7. The van der Waals surface area contributed by atoms with E-state index in [0.29, 0.717) is 23.8 Å². The number of aromatic nitrogens is 1. The molecule has 10 heteroatoms. The summed E-state index contributed by atoms with van der Waals surface area (Å²) >= 11 is 2.89. The van der Waals surface area contributed by atoms with Gasteiger partial charge in [-0.25, -0.2) is 9.78 Å². The van der Waals surface area contributed by atoms with Gasteiger partial charge in [0, 0.05) is 29.3 Å². The maximum Gasteiger partial charge on any atom is 0.407 e. The summed E-state index contributed by atoms with van der Waals surface area (Å²) < 4.78 is 5.21. The van der Waals surface area contributed by atoms with Crippen LogP contribution in [0.2, 0.25) is 0 Å². The monoisotopic (exact) mass is 486 g/mol. The molecule has 174 valence electrons.